The molecular weight excluding hydrogens is 295 g/mol. The van der Waals surface area contributed by atoms with E-state index >= 15 is 0 Å². The molecule has 0 aliphatic carbocycles. The molecule has 0 amide bonds. The number of nitriles is 1. The molecule has 2 heterocycles. The van der Waals surface area contributed by atoms with E-state index in [9.17, 15) is 4.39 Å². The van der Waals surface area contributed by atoms with Gasteiger partial charge in [0.05, 0.1) is 17.3 Å². The third kappa shape index (κ3) is 3.19. The van der Waals surface area contributed by atoms with Crippen LogP contribution in [0.3, 0.4) is 0 Å². The van der Waals surface area contributed by atoms with Gasteiger partial charge in [0, 0.05) is 24.9 Å². The zero-order valence-electron chi connectivity index (χ0n) is 13.3. The summed E-state index contributed by atoms with van der Waals surface area (Å²) in [5.41, 5.74) is 0.862. The van der Waals surface area contributed by atoms with Gasteiger partial charge in [0.15, 0.2) is 5.82 Å². The quantitative estimate of drug-likeness (QED) is 0.866. The average molecular weight is 314 g/mol. The van der Waals surface area contributed by atoms with Crippen molar-refractivity contribution in [2.45, 2.75) is 38.5 Å². The van der Waals surface area contributed by atoms with Crippen molar-refractivity contribution >= 4 is 5.69 Å². The Kier molecular flexibility index (Phi) is 4.28. The smallest absolute Gasteiger partial charge is 0.229 e. The second-order valence-corrected chi connectivity index (χ2v) is 6.21. The Morgan fingerprint density at radius 1 is 1.43 bits per heavy atom. The van der Waals surface area contributed by atoms with Crippen LogP contribution in [0.25, 0.3) is 0 Å². The van der Waals surface area contributed by atoms with Gasteiger partial charge in [-0.1, -0.05) is 19.0 Å². The molecule has 120 valence electrons. The first-order valence-electron chi connectivity index (χ1n) is 7.86. The number of rotatable bonds is 3. The van der Waals surface area contributed by atoms with Crippen molar-refractivity contribution in [2.75, 3.05) is 18.0 Å². The number of nitrogens with zero attached hydrogens (tertiary/aromatic N) is 4. The molecule has 1 aromatic carbocycles. The summed E-state index contributed by atoms with van der Waals surface area (Å²) in [6, 6.07) is 6.56. The monoisotopic (exact) mass is 314 g/mol. The highest BCUT2D eigenvalue weighted by molar-refractivity contribution is 5.51. The van der Waals surface area contributed by atoms with Gasteiger partial charge in [0.1, 0.15) is 5.82 Å². The van der Waals surface area contributed by atoms with Gasteiger partial charge in [0.2, 0.25) is 5.89 Å². The molecule has 0 unspecified atom stereocenters. The first kappa shape index (κ1) is 15.5. The lowest BCUT2D eigenvalue weighted by Gasteiger charge is -2.33. The molecular formula is C17H19FN4O. The lowest BCUT2D eigenvalue weighted by Crippen LogP contribution is -2.35. The minimum Gasteiger partial charge on any atom is -0.368 e. The van der Waals surface area contributed by atoms with Crippen LogP contribution in [0, 0.1) is 17.1 Å². The Balaban J connectivity index is 1.79. The minimum absolute atomic E-state index is 0.134. The zero-order valence-corrected chi connectivity index (χ0v) is 13.3. The summed E-state index contributed by atoms with van der Waals surface area (Å²) in [5, 5.41) is 12.9. The molecule has 0 spiro atoms. The van der Waals surface area contributed by atoms with E-state index in [2.05, 4.69) is 10.1 Å². The Morgan fingerprint density at radius 2 is 2.26 bits per heavy atom. The first-order chi connectivity index (χ1) is 11.1. The van der Waals surface area contributed by atoms with Gasteiger partial charge in [-0.25, -0.2) is 4.39 Å². The van der Waals surface area contributed by atoms with E-state index in [-0.39, 0.29) is 17.7 Å². The van der Waals surface area contributed by atoms with Crippen LogP contribution in [0.4, 0.5) is 10.1 Å². The fraction of sp³-hybridized carbons (Fsp3) is 0.471. The van der Waals surface area contributed by atoms with Crippen molar-refractivity contribution in [2.24, 2.45) is 0 Å². The molecule has 0 radical (unpaired) electrons. The summed E-state index contributed by atoms with van der Waals surface area (Å²) < 4.78 is 19.5. The maximum Gasteiger partial charge on any atom is 0.229 e. The molecule has 5 nitrogen and oxygen atoms in total. The van der Waals surface area contributed by atoms with Crippen molar-refractivity contribution in [1.29, 1.82) is 5.26 Å². The number of aromatic nitrogens is 2. The van der Waals surface area contributed by atoms with Crippen LogP contribution in [-0.2, 0) is 0 Å². The van der Waals surface area contributed by atoms with Crippen LogP contribution in [0.1, 0.15) is 55.8 Å². The Bertz CT molecular complexity index is 734. The van der Waals surface area contributed by atoms with Gasteiger partial charge in [-0.15, -0.1) is 0 Å². The third-order valence-corrected chi connectivity index (χ3v) is 4.16. The Hall–Kier alpha value is -2.42. The van der Waals surface area contributed by atoms with Gasteiger partial charge >= 0.3 is 0 Å². The van der Waals surface area contributed by atoms with Crippen LogP contribution in [-0.4, -0.2) is 23.2 Å². The van der Waals surface area contributed by atoms with Gasteiger partial charge in [-0.2, -0.15) is 10.2 Å². The molecule has 3 rings (SSSR count). The molecule has 0 saturated carbocycles. The van der Waals surface area contributed by atoms with Gasteiger partial charge in [-0.05, 0) is 31.0 Å². The van der Waals surface area contributed by atoms with E-state index in [1.54, 1.807) is 12.1 Å². The fourth-order valence-electron chi connectivity index (χ4n) is 2.89. The molecule has 2 aromatic rings. The SMILES string of the molecule is CC(C)c1nc([C@H]2CCCN(c3ccc(C#N)cc3F)C2)no1. The standard InChI is InChI=1S/C17H19FN4O/c1-11(2)17-20-16(21-23-17)13-4-3-7-22(10-13)15-6-5-12(9-19)8-14(15)18/h5-6,8,11,13H,3-4,7,10H2,1-2H3/t13-/m0/s1. The molecule has 1 fully saturated rings. The molecule has 1 aromatic heterocycles. The molecule has 1 atom stereocenters. The number of hydrogen-bond acceptors (Lipinski definition) is 5. The van der Waals surface area contributed by atoms with Crippen LogP contribution >= 0.6 is 0 Å². The van der Waals surface area contributed by atoms with E-state index in [1.165, 1.54) is 6.07 Å². The fourth-order valence-corrected chi connectivity index (χ4v) is 2.89. The van der Waals surface area contributed by atoms with E-state index < -0.39 is 0 Å². The van der Waals surface area contributed by atoms with Crippen LogP contribution < -0.4 is 4.90 Å². The van der Waals surface area contributed by atoms with Crippen molar-refractivity contribution in [3.8, 4) is 6.07 Å². The summed E-state index contributed by atoms with van der Waals surface area (Å²) in [6.45, 7) is 5.46. The van der Waals surface area contributed by atoms with Crippen molar-refractivity contribution < 1.29 is 8.91 Å². The van der Waals surface area contributed by atoms with Crippen LogP contribution in [0.5, 0.6) is 0 Å². The second-order valence-electron chi connectivity index (χ2n) is 6.21. The molecule has 1 saturated heterocycles. The highest BCUT2D eigenvalue weighted by Gasteiger charge is 2.27. The minimum atomic E-state index is -0.360. The van der Waals surface area contributed by atoms with E-state index in [0.717, 1.165) is 19.4 Å². The number of anilines is 1. The molecule has 1 aliphatic rings. The molecule has 23 heavy (non-hydrogen) atoms. The first-order valence-corrected chi connectivity index (χ1v) is 7.86. The third-order valence-electron chi connectivity index (χ3n) is 4.16. The van der Waals surface area contributed by atoms with E-state index in [0.29, 0.717) is 29.5 Å². The predicted octanol–water partition coefficient (Wildman–Crippen LogP) is 3.59. The van der Waals surface area contributed by atoms with Crippen molar-refractivity contribution in [3.63, 3.8) is 0 Å². The summed E-state index contributed by atoms with van der Waals surface area (Å²) in [7, 11) is 0. The molecule has 1 aliphatic heterocycles. The molecule has 6 heteroatoms. The lowest BCUT2D eigenvalue weighted by atomic mass is 9.96. The summed E-state index contributed by atoms with van der Waals surface area (Å²) in [6.07, 6.45) is 1.90. The van der Waals surface area contributed by atoms with Crippen LogP contribution in [0.15, 0.2) is 22.7 Å². The average Bonchev–Trinajstić information content (AvgIpc) is 3.05. The lowest BCUT2D eigenvalue weighted by molar-refractivity contribution is 0.354. The zero-order chi connectivity index (χ0) is 16.4. The van der Waals surface area contributed by atoms with Crippen LogP contribution in [0.2, 0.25) is 0 Å². The van der Waals surface area contributed by atoms with E-state index in [1.807, 2.05) is 24.8 Å². The highest BCUT2D eigenvalue weighted by Crippen LogP contribution is 2.30. The van der Waals surface area contributed by atoms with Crippen molar-refractivity contribution in [1.82, 2.24) is 10.1 Å². The largest absolute Gasteiger partial charge is 0.368 e. The van der Waals surface area contributed by atoms with Gasteiger partial charge < -0.3 is 9.42 Å². The number of hydrogen-bond donors (Lipinski definition) is 0. The summed E-state index contributed by atoms with van der Waals surface area (Å²) in [4.78, 5) is 6.47. The summed E-state index contributed by atoms with van der Waals surface area (Å²) >= 11 is 0. The molecule has 0 N–H and O–H groups in total. The van der Waals surface area contributed by atoms with E-state index in [4.69, 9.17) is 9.78 Å². The Labute approximate surface area is 134 Å². The number of benzene rings is 1. The highest BCUT2D eigenvalue weighted by atomic mass is 19.1. The second kappa shape index (κ2) is 6.37. The maximum absolute atomic E-state index is 14.2. The topological polar surface area (TPSA) is 66.0 Å². The van der Waals surface area contributed by atoms with Gasteiger partial charge in [0.25, 0.3) is 0 Å². The number of halogens is 1. The summed E-state index contributed by atoms with van der Waals surface area (Å²) in [5.74, 6) is 1.32. The number of piperidine rings is 1. The molecule has 0 bridgehead atoms. The van der Waals surface area contributed by atoms with Crippen molar-refractivity contribution in [3.05, 3.63) is 41.3 Å². The maximum atomic E-state index is 14.2. The normalized spacial score (nSPS) is 18.2. The van der Waals surface area contributed by atoms with Gasteiger partial charge in [-0.3, -0.25) is 0 Å². The predicted molar refractivity (Wildman–Crippen MR) is 83.7 cm³/mol. The Morgan fingerprint density at radius 3 is 2.91 bits per heavy atom.